The summed E-state index contributed by atoms with van der Waals surface area (Å²) < 4.78 is 26.8. The zero-order chi connectivity index (χ0) is 12.3. The van der Waals surface area contributed by atoms with E-state index in [1.807, 2.05) is 0 Å². The fourth-order valence-corrected chi connectivity index (χ4v) is 1.46. The van der Waals surface area contributed by atoms with Crippen LogP contribution in [0.4, 0.5) is 8.78 Å². The molecule has 16 heavy (non-hydrogen) atoms. The molecule has 0 aliphatic heterocycles. The van der Waals surface area contributed by atoms with Crippen molar-refractivity contribution < 1.29 is 13.6 Å². The summed E-state index contributed by atoms with van der Waals surface area (Å²) >= 11 is 2.90. The monoisotopic (exact) mass is 288 g/mol. The lowest BCUT2D eigenvalue weighted by atomic mass is 10.1. The largest absolute Gasteiger partial charge is 0.336 e. The lowest BCUT2D eigenvalue weighted by Crippen LogP contribution is -2.32. The Morgan fingerprint density at radius 2 is 2.00 bits per heavy atom. The number of nitriles is 1. The van der Waals surface area contributed by atoms with Crippen LogP contribution in [0.25, 0.3) is 0 Å². The molecule has 0 saturated carbocycles. The van der Waals surface area contributed by atoms with Gasteiger partial charge in [0.2, 0.25) is 0 Å². The maximum atomic E-state index is 13.3. The van der Waals surface area contributed by atoms with Gasteiger partial charge in [-0.15, -0.1) is 0 Å². The molecule has 1 aromatic carbocycles. The molecule has 0 spiro atoms. The summed E-state index contributed by atoms with van der Waals surface area (Å²) in [6.45, 7) is 1.41. The van der Waals surface area contributed by atoms with Crippen LogP contribution in [0.3, 0.4) is 0 Å². The summed E-state index contributed by atoms with van der Waals surface area (Å²) in [6.07, 6.45) is 0. The molecule has 1 atom stereocenters. The molecule has 1 rings (SSSR count). The molecule has 0 heterocycles. The van der Waals surface area contributed by atoms with E-state index in [4.69, 9.17) is 5.26 Å². The van der Waals surface area contributed by atoms with Crippen LogP contribution in [-0.4, -0.2) is 11.9 Å². The van der Waals surface area contributed by atoms with Crippen LogP contribution in [0.1, 0.15) is 17.3 Å². The summed E-state index contributed by atoms with van der Waals surface area (Å²) in [7, 11) is 0. The van der Waals surface area contributed by atoms with Crippen molar-refractivity contribution in [2.75, 3.05) is 0 Å². The van der Waals surface area contributed by atoms with Crippen molar-refractivity contribution in [2.45, 2.75) is 13.0 Å². The Morgan fingerprint density at radius 1 is 1.50 bits per heavy atom. The van der Waals surface area contributed by atoms with E-state index in [9.17, 15) is 13.6 Å². The van der Waals surface area contributed by atoms with Gasteiger partial charge in [-0.05, 0) is 19.1 Å². The van der Waals surface area contributed by atoms with Crippen molar-refractivity contribution >= 4 is 21.8 Å². The lowest BCUT2D eigenvalue weighted by molar-refractivity contribution is 0.0939. The Balaban J connectivity index is 3.06. The smallest absolute Gasteiger partial charge is 0.258 e. The molecule has 0 aliphatic carbocycles. The fourth-order valence-electron chi connectivity index (χ4n) is 1.06. The Labute approximate surface area is 99.2 Å². The maximum Gasteiger partial charge on any atom is 0.258 e. The minimum Gasteiger partial charge on any atom is -0.336 e. The zero-order valence-corrected chi connectivity index (χ0v) is 9.81. The van der Waals surface area contributed by atoms with Gasteiger partial charge in [0.15, 0.2) is 0 Å². The van der Waals surface area contributed by atoms with Gasteiger partial charge in [-0.3, -0.25) is 4.79 Å². The first kappa shape index (κ1) is 12.6. The fraction of sp³-hybridized carbons (Fsp3) is 0.200. The molecule has 0 aliphatic rings. The van der Waals surface area contributed by atoms with Crippen molar-refractivity contribution in [1.82, 2.24) is 5.32 Å². The summed E-state index contributed by atoms with van der Waals surface area (Å²) in [5.74, 6) is -2.90. The molecular formula is C10H7BrF2N2O. The van der Waals surface area contributed by atoms with Gasteiger partial charge in [-0.25, -0.2) is 8.78 Å². The number of nitrogens with zero attached hydrogens (tertiary/aromatic N) is 1. The van der Waals surface area contributed by atoms with Crippen molar-refractivity contribution in [1.29, 1.82) is 5.26 Å². The van der Waals surface area contributed by atoms with E-state index in [-0.39, 0.29) is 4.47 Å². The Bertz CT molecular complexity index is 447. The van der Waals surface area contributed by atoms with Crippen LogP contribution in [0.15, 0.2) is 16.6 Å². The number of nitrogens with one attached hydrogen (secondary N) is 1. The minimum absolute atomic E-state index is 0.201. The first-order valence-electron chi connectivity index (χ1n) is 4.30. The van der Waals surface area contributed by atoms with Gasteiger partial charge in [0, 0.05) is 4.47 Å². The highest BCUT2D eigenvalue weighted by Gasteiger charge is 2.19. The number of amides is 1. The van der Waals surface area contributed by atoms with Gasteiger partial charge in [-0.2, -0.15) is 5.26 Å². The number of carbonyl (C=O) groups is 1. The van der Waals surface area contributed by atoms with E-state index in [1.165, 1.54) is 6.92 Å². The van der Waals surface area contributed by atoms with Crippen molar-refractivity contribution in [3.8, 4) is 6.07 Å². The number of carbonyl (C=O) groups excluding carboxylic acids is 1. The lowest BCUT2D eigenvalue weighted by Gasteiger charge is -2.08. The number of benzene rings is 1. The molecule has 0 bridgehead atoms. The second kappa shape index (κ2) is 5.03. The molecule has 0 aromatic heterocycles. The summed E-state index contributed by atoms with van der Waals surface area (Å²) in [5, 5.41) is 10.6. The Kier molecular flexibility index (Phi) is 3.96. The van der Waals surface area contributed by atoms with Gasteiger partial charge in [0.1, 0.15) is 23.2 Å². The topological polar surface area (TPSA) is 52.9 Å². The Hall–Kier alpha value is -1.48. The van der Waals surface area contributed by atoms with E-state index in [2.05, 4.69) is 21.2 Å². The Morgan fingerprint density at radius 3 is 2.44 bits per heavy atom. The number of rotatable bonds is 2. The maximum absolute atomic E-state index is 13.3. The molecule has 1 unspecified atom stereocenters. The van der Waals surface area contributed by atoms with Gasteiger partial charge >= 0.3 is 0 Å². The van der Waals surface area contributed by atoms with E-state index < -0.39 is 29.1 Å². The van der Waals surface area contributed by atoms with Gasteiger partial charge < -0.3 is 5.32 Å². The van der Waals surface area contributed by atoms with Crippen molar-refractivity contribution in [3.05, 3.63) is 33.8 Å². The SMILES string of the molecule is CC(C#N)NC(=O)c1c(F)cc(Br)cc1F. The van der Waals surface area contributed by atoms with Gasteiger partial charge in [-0.1, -0.05) is 15.9 Å². The number of hydrogen-bond donors (Lipinski definition) is 1. The average Bonchev–Trinajstić information content (AvgIpc) is 2.15. The quantitative estimate of drug-likeness (QED) is 0.908. The third kappa shape index (κ3) is 2.76. The second-order valence-corrected chi connectivity index (χ2v) is 3.98. The summed E-state index contributed by atoms with van der Waals surface area (Å²) in [6, 6.07) is 2.88. The third-order valence-electron chi connectivity index (χ3n) is 1.78. The average molecular weight is 289 g/mol. The molecule has 1 N–H and O–H groups in total. The first-order chi connectivity index (χ1) is 7.45. The minimum atomic E-state index is -0.977. The highest BCUT2D eigenvalue weighted by Crippen LogP contribution is 2.19. The van der Waals surface area contributed by atoms with Crippen LogP contribution in [0, 0.1) is 23.0 Å². The highest BCUT2D eigenvalue weighted by molar-refractivity contribution is 9.10. The second-order valence-electron chi connectivity index (χ2n) is 3.07. The van der Waals surface area contributed by atoms with E-state index in [0.717, 1.165) is 12.1 Å². The molecule has 1 amide bonds. The van der Waals surface area contributed by atoms with Crippen LogP contribution >= 0.6 is 15.9 Å². The molecule has 6 heteroatoms. The summed E-state index contributed by atoms with van der Waals surface area (Å²) in [4.78, 5) is 11.4. The predicted molar refractivity (Wildman–Crippen MR) is 56.6 cm³/mol. The van der Waals surface area contributed by atoms with E-state index in [1.54, 1.807) is 6.07 Å². The molecule has 0 saturated heterocycles. The van der Waals surface area contributed by atoms with Crippen LogP contribution in [-0.2, 0) is 0 Å². The number of hydrogen-bond acceptors (Lipinski definition) is 2. The van der Waals surface area contributed by atoms with E-state index >= 15 is 0 Å². The van der Waals surface area contributed by atoms with Crippen molar-refractivity contribution in [3.63, 3.8) is 0 Å². The number of halogens is 3. The van der Waals surface area contributed by atoms with Crippen LogP contribution in [0.2, 0.25) is 0 Å². The predicted octanol–water partition coefficient (Wildman–Crippen LogP) is 2.37. The highest BCUT2D eigenvalue weighted by atomic mass is 79.9. The first-order valence-corrected chi connectivity index (χ1v) is 5.10. The van der Waals surface area contributed by atoms with Crippen molar-refractivity contribution in [2.24, 2.45) is 0 Å². The van der Waals surface area contributed by atoms with Gasteiger partial charge in [0.25, 0.3) is 5.91 Å². The van der Waals surface area contributed by atoms with Crippen LogP contribution < -0.4 is 5.32 Å². The molecule has 3 nitrogen and oxygen atoms in total. The van der Waals surface area contributed by atoms with E-state index in [0.29, 0.717) is 0 Å². The standard InChI is InChI=1S/C10H7BrF2N2O/c1-5(4-14)15-10(16)9-7(12)2-6(11)3-8(9)13/h2-3,5H,1H3,(H,15,16). The zero-order valence-electron chi connectivity index (χ0n) is 8.22. The normalized spacial score (nSPS) is 11.7. The van der Waals surface area contributed by atoms with Gasteiger partial charge in [0.05, 0.1) is 6.07 Å². The third-order valence-corrected chi connectivity index (χ3v) is 2.23. The molecule has 0 fully saturated rings. The van der Waals surface area contributed by atoms with Crippen LogP contribution in [0.5, 0.6) is 0 Å². The molecule has 0 radical (unpaired) electrons. The molecule has 84 valence electrons. The summed E-state index contributed by atoms with van der Waals surface area (Å²) in [5.41, 5.74) is -0.690. The molecule has 1 aromatic rings. The molecular weight excluding hydrogens is 282 g/mol.